The molecule has 2 aromatic carbocycles. The van der Waals surface area contributed by atoms with Crippen LogP contribution in [-0.4, -0.2) is 39.9 Å². The van der Waals surface area contributed by atoms with Crippen molar-refractivity contribution in [2.75, 3.05) is 6.54 Å². The van der Waals surface area contributed by atoms with E-state index in [1.54, 1.807) is 16.8 Å². The summed E-state index contributed by atoms with van der Waals surface area (Å²) in [5, 5.41) is 18.2. The maximum Gasteiger partial charge on any atom is 0.253 e. The molecule has 3 aromatic rings. The van der Waals surface area contributed by atoms with E-state index in [0.29, 0.717) is 18.5 Å². The van der Waals surface area contributed by atoms with Crippen LogP contribution in [0.5, 0.6) is 5.75 Å². The molecule has 0 radical (unpaired) electrons. The predicted octanol–water partition coefficient (Wildman–Crippen LogP) is 5.12. The fourth-order valence-electron chi connectivity index (χ4n) is 6.22. The number of carbonyl (C=O) groups is 1. The van der Waals surface area contributed by atoms with E-state index in [1.807, 2.05) is 36.4 Å². The molecule has 1 aliphatic heterocycles. The van der Waals surface area contributed by atoms with Gasteiger partial charge in [-0.2, -0.15) is 0 Å². The van der Waals surface area contributed by atoms with Gasteiger partial charge in [-0.05, 0) is 62.8 Å². The molecular formula is C34H43N3O4. The summed E-state index contributed by atoms with van der Waals surface area (Å²) >= 11 is 0. The van der Waals surface area contributed by atoms with E-state index < -0.39 is 12.1 Å². The molecule has 218 valence electrons. The number of pyridine rings is 1. The van der Waals surface area contributed by atoms with Gasteiger partial charge in [-0.1, -0.05) is 62.2 Å². The molecule has 5 rings (SSSR count). The van der Waals surface area contributed by atoms with Gasteiger partial charge in [-0.15, -0.1) is 0 Å². The lowest BCUT2D eigenvalue weighted by Gasteiger charge is -2.39. The maximum atomic E-state index is 13.5. The Morgan fingerprint density at radius 3 is 2.56 bits per heavy atom. The van der Waals surface area contributed by atoms with Crippen molar-refractivity contribution in [1.29, 1.82) is 0 Å². The number of fused-ring (bicyclic) bond motifs is 1. The minimum absolute atomic E-state index is 0.0120. The summed E-state index contributed by atoms with van der Waals surface area (Å²) < 4.78 is 7.96. The minimum Gasteiger partial charge on any atom is -0.487 e. The van der Waals surface area contributed by atoms with Crippen LogP contribution >= 0.6 is 0 Å². The highest BCUT2D eigenvalue weighted by molar-refractivity contribution is 5.94. The average molecular weight is 558 g/mol. The molecule has 1 amide bonds. The number of aliphatic hydroxyl groups is 1. The number of hydrogen-bond acceptors (Lipinski definition) is 5. The molecule has 2 heterocycles. The number of aryl methyl sites for hydroxylation is 1. The van der Waals surface area contributed by atoms with Crippen molar-refractivity contribution in [3.63, 3.8) is 0 Å². The van der Waals surface area contributed by atoms with E-state index in [2.05, 4.69) is 43.5 Å². The van der Waals surface area contributed by atoms with Crippen LogP contribution in [0.2, 0.25) is 0 Å². The van der Waals surface area contributed by atoms with Crippen molar-refractivity contribution in [2.24, 2.45) is 0 Å². The summed E-state index contributed by atoms with van der Waals surface area (Å²) in [6, 6.07) is 18.9. The third-order valence-corrected chi connectivity index (χ3v) is 8.51. The molecule has 2 aliphatic rings. The van der Waals surface area contributed by atoms with Gasteiger partial charge in [0.2, 0.25) is 0 Å². The average Bonchev–Trinajstić information content (AvgIpc) is 3.50. The number of nitrogens with zero attached hydrogens (tertiary/aromatic N) is 1. The third-order valence-electron chi connectivity index (χ3n) is 8.51. The fraction of sp³-hybridized carbons (Fsp3) is 0.471. The van der Waals surface area contributed by atoms with Gasteiger partial charge in [0.05, 0.1) is 17.7 Å². The number of benzene rings is 2. The van der Waals surface area contributed by atoms with Crippen LogP contribution in [0.4, 0.5) is 0 Å². The molecule has 7 heteroatoms. The van der Waals surface area contributed by atoms with Crippen LogP contribution in [0.1, 0.15) is 92.0 Å². The van der Waals surface area contributed by atoms with Gasteiger partial charge in [0.1, 0.15) is 11.4 Å². The fourth-order valence-corrected chi connectivity index (χ4v) is 6.22. The number of ether oxygens (including phenoxy) is 1. The van der Waals surface area contributed by atoms with Crippen LogP contribution in [-0.2, 0) is 12.8 Å². The summed E-state index contributed by atoms with van der Waals surface area (Å²) in [6.07, 6.45) is 7.13. The Kier molecular flexibility index (Phi) is 8.95. The largest absolute Gasteiger partial charge is 0.487 e. The van der Waals surface area contributed by atoms with E-state index in [4.69, 9.17) is 4.74 Å². The lowest BCUT2D eigenvalue weighted by molar-refractivity contribution is 0.0582. The lowest BCUT2D eigenvalue weighted by Crippen LogP contribution is -2.50. The van der Waals surface area contributed by atoms with Crippen molar-refractivity contribution in [1.82, 2.24) is 15.2 Å². The van der Waals surface area contributed by atoms with Crippen molar-refractivity contribution in [3.05, 3.63) is 99.5 Å². The van der Waals surface area contributed by atoms with Crippen molar-refractivity contribution < 1.29 is 14.6 Å². The van der Waals surface area contributed by atoms with Crippen molar-refractivity contribution in [3.8, 4) is 5.75 Å². The molecule has 1 aliphatic carbocycles. The summed E-state index contributed by atoms with van der Waals surface area (Å²) in [4.78, 5) is 26.0. The summed E-state index contributed by atoms with van der Waals surface area (Å²) in [6.45, 7) is 6.60. The van der Waals surface area contributed by atoms with Gasteiger partial charge in [0.15, 0.2) is 0 Å². The Balaban J connectivity index is 1.33. The molecule has 0 bridgehead atoms. The van der Waals surface area contributed by atoms with Crippen LogP contribution in [0.15, 0.2) is 71.7 Å². The van der Waals surface area contributed by atoms with Crippen LogP contribution in [0.25, 0.3) is 0 Å². The Labute approximate surface area is 242 Å². The Hall–Kier alpha value is -3.42. The second kappa shape index (κ2) is 12.6. The highest BCUT2D eigenvalue weighted by atomic mass is 16.5. The Morgan fingerprint density at radius 2 is 1.83 bits per heavy atom. The van der Waals surface area contributed by atoms with Crippen molar-refractivity contribution >= 4 is 5.91 Å². The Morgan fingerprint density at radius 1 is 1.07 bits per heavy atom. The molecule has 41 heavy (non-hydrogen) atoms. The number of aliphatic hydroxyl groups excluding tert-OH is 1. The zero-order valence-electron chi connectivity index (χ0n) is 24.4. The number of rotatable bonds is 10. The first kappa shape index (κ1) is 29.1. The number of amides is 1. The number of hydrogen-bond donors (Lipinski definition) is 3. The molecule has 1 fully saturated rings. The van der Waals surface area contributed by atoms with E-state index in [0.717, 1.165) is 55.4 Å². The van der Waals surface area contributed by atoms with Gasteiger partial charge in [0, 0.05) is 42.9 Å². The summed E-state index contributed by atoms with van der Waals surface area (Å²) in [7, 11) is 0. The van der Waals surface area contributed by atoms with Gasteiger partial charge >= 0.3 is 0 Å². The van der Waals surface area contributed by atoms with E-state index >= 15 is 0 Å². The quantitative estimate of drug-likeness (QED) is 0.322. The molecule has 0 saturated heterocycles. The molecule has 7 nitrogen and oxygen atoms in total. The molecule has 3 atom stereocenters. The molecule has 1 aromatic heterocycles. The minimum atomic E-state index is -0.844. The summed E-state index contributed by atoms with van der Waals surface area (Å²) in [5.74, 6) is 0.582. The number of nitrogens with one attached hydrogen (secondary N) is 2. The smallest absolute Gasteiger partial charge is 0.253 e. The van der Waals surface area contributed by atoms with Crippen LogP contribution in [0, 0.1) is 0 Å². The standard InChI is InChI=1S/C34H43N3O4/c1-4-23-14-16-31-27(18-23)29(20-34(2,3)41-31)35-21-30(38)28(19-24-10-6-5-7-11-24)36-33(40)25-15-17-32(39)37(22-25)26-12-8-9-13-26/h5-7,10-11,14-18,22,26,28-30,35,38H,4,8-9,12-13,19-21H2,1-3H3,(H,36,40)/t28-,29-,30-/m0/s1. The molecule has 3 N–H and O–H groups in total. The van der Waals surface area contributed by atoms with Crippen LogP contribution < -0.4 is 20.9 Å². The molecule has 0 spiro atoms. The first-order chi connectivity index (χ1) is 19.7. The maximum absolute atomic E-state index is 13.5. The number of carbonyl (C=O) groups excluding carboxylic acids is 1. The second-order valence-electron chi connectivity index (χ2n) is 12.2. The van der Waals surface area contributed by atoms with E-state index in [-0.39, 0.29) is 29.2 Å². The molecule has 1 saturated carbocycles. The first-order valence-electron chi connectivity index (χ1n) is 15.0. The highest BCUT2D eigenvalue weighted by Crippen LogP contribution is 2.40. The third kappa shape index (κ3) is 7.08. The lowest BCUT2D eigenvalue weighted by atomic mass is 9.88. The van der Waals surface area contributed by atoms with Gasteiger partial charge < -0.3 is 25.0 Å². The number of aromatic nitrogens is 1. The van der Waals surface area contributed by atoms with Gasteiger partial charge in [-0.3, -0.25) is 9.59 Å². The van der Waals surface area contributed by atoms with Crippen LogP contribution in [0.3, 0.4) is 0 Å². The SMILES string of the molecule is CCc1ccc2c(c1)[C@@H](NC[C@H](O)[C@H](Cc1ccccc1)NC(=O)c1ccc(=O)n(C3CCCC3)c1)CC(C)(C)O2. The van der Waals surface area contributed by atoms with E-state index in [1.165, 1.54) is 11.6 Å². The highest BCUT2D eigenvalue weighted by Gasteiger charge is 2.34. The normalized spacial score (nSPS) is 19.7. The Bertz CT molecular complexity index is 1390. The summed E-state index contributed by atoms with van der Waals surface area (Å²) in [5.41, 5.74) is 3.38. The second-order valence-corrected chi connectivity index (χ2v) is 12.2. The first-order valence-corrected chi connectivity index (χ1v) is 15.0. The topological polar surface area (TPSA) is 92.6 Å². The zero-order chi connectivity index (χ0) is 29.0. The molecular weight excluding hydrogens is 514 g/mol. The zero-order valence-corrected chi connectivity index (χ0v) is 24.4. The van der Waals surface area contributed by atoms with Crippen molar-refractivity contribution in [2.45, 2.75) is 95.5 Å². The molecule has 0 unspecified atom stereocenters. The van der Waals surface area contributed by atoms with Gasteiger partial charge in [-0.25, -0.2) is 0 Å². The van der Waals surface area contributed by atoms with E-state index in [9.17, 15) is 14.7 Å². The van der Waals surface area contributed by atoms with Gasteiger partial charge in [0.25, 0.3) is 11.5 Å². The monoisotopic (exact) mass is 557 g/mol. The predicted molar refractivity (Wildman–Crippen MR) is 162 cm³/mol.